The number of hydrogen-bond acceptors (Lipinski definition) is 6. The van der Waals surface area contributed by atoms with Crippen LogP contribution in [-0.4, -0.2) is 45.0 Å². The van der Waals surface area contributed by atoms with Crippen molar-refractivity contribution in [3.63, 3.8) is 0 Å². The van der Waals surface area contributed by atoms with Crippen LogP contribution in [0.3, 0.4) is 0 Å². The molecule has 9 nitrogen and oxygen atoms in total. The number of rotatable bonds is 8. The number of benzene rings is 3. The second kappa shape index (κ2) is 11.2. The molecule has 0 saturated heterocycles. The topological polar surface area (TPSA) is 108 Å². The Balaban J connectivity index is 1.55. The lowest BCUT2D eigenvalue weighted by atomic mass is 9.98. The van der Waals surface area contributed by atoms with Crippen molar-refractivity contribution in [2.75, 3.05) is 13.2 Å². The number of nitrogens with zero attached hydrogens (tertiary/aromatic N) is 3. The predicted molar refractivity (Wildman–Crippen MR) is 155 cm³/mol. The lowest BCUT2D eigenvalue weighted by molar-refractivity contribution is 0.0523. The number of ether oxygens (including phenoxy) is 1. The predicted octanol–water partition coefficient (Wildman–Crippen LogP) is 4.68. The highest BCUT2D eigenvalue weighted by Crippen LogP contribution is 2.26. The lowest BCUT2D eigenvalue weighted by Crippen LogP contribution is -2.40. The largest absolute Gasteiger partial charge is 0.462 e. The molecule has 0 spiro atoms. The Morgan fingerprint density at radius 3 is 2.12 bits per heavy atom. The van der Waals surface area contributed by atoms with Gasteiger partial charge in [0, 0.05) is 13.1 Å². The first-order valence-electron chi connectivity index (χ1n) is 13.3. The number of imide groups is 1. The first-order chi connectivity index (χ1) is 19.7. The van der Waals surface area contributed by atoms with Crippen molar-refractivity contribution in [1.82, 2.24) is 14.0 Å². The third-order valence-electron chi connectivity index (χ3n) is 7.35. The Morgan fingerprint density at radius 1 is 0.878 bits per heavy atom. The number of unbranched alkanes of at least 4 members (excludes halogenated alkanes) is 1. The molecule has 0 fully saturated rings. The minimum atomic E-state index is -0.594. The summed E-state index contributed by atoms with van der Waals surface area (Å²) in [7, 11) is 0. The summed E-state index contributed by atoms with van der Waals surface area (Å²) >= 11 is 6.41. The van der Waals surface area contributed by atoms with Gasteiger partial charge in [-0.25, -0.2) is 14.2 Å². The third kappa shape index (κ3) is 4.76. The van der Waals surface area contributed by atoms with Crippen molar-refractivity contribution >= 4 is 40.3 Å². The molecule has 5 rings (SSSR count). The summed E-state index contributed by atoms with van der Waals surface area (Å²) < 4.78 is 7.74. The van der Waals surface area contributed by atoms with Gasteiger partial charge in [0.25, 0.3) is 17.4 Å². The minimum Gasteiger partial charge on any atom is -0.462 e. The van der Waals surface area contributed by atoms with Crippen molar-refractivity contribution in [3.8, 4) is 5.69 Å². The smallest absolute Gasteiger partial charge is 0.338 e. The minimum absolute atomic E-state index is 0.173. The number of carbonyl (C=O) groups excluding carboxylic acids is 3. The van der Waals surface area contributed by atoms with Crippen molar-refractivity contribution in [2.45, 2.75) is 40.2 Å². The van der Waals surface area contributed by atoms with E-state index in [2.05, 4.69) is 0 Å². The van der Waals surface area contributed by atoms with E-state index < -0.39 is 17.2 Å². The maximum atomic E-state index is 13.9. The van der Waals surface area contributed by atoms with Gasteiger partial charge >= 0.3 is 11.7 Å². The average Bonchev–Trinajstić information content (AvgIpc) is 3.18. The zero-order valence-electron chi connectivity index (χ0n) is 22.9. The van der Waals surface area contributed by atoms with Gasteiger partial charge in [-0.2, -0.15) is 0 Å². The van der Waals surface area contributed by atoms with Crippen LogP contribution in [0.15, 0.2) is 64.2 Å². The van der Waals surface area contributed by atoms with Crippen molar-refractivity contribution in [1.29, 1.82) is 0 Å². The van der Waals surface area contributed by atoms with E-state index in [4.69, 9.17) is 16.3 Å². The van der Waals surface area contributed by atoms with Crippen LogP contribution >= 0.6 is 11.6 Å². The summed E-state index contributed by atoms with van der Waals surface area (Å²) in [5, 5.41) is 0.428. The Kier molecular flexibility index (Phi) is 7.64. The Morgan fingerprint density at radius 2 is 1.49 bits per heavy atom. The fourth-order valence-electron chi connectivity index (χ4n) is 5.43. The van der Waals surface area contributed by atoms with Crippen LogP contribution in [0.4, 0.5) is 0 Å². The summed E-state index contributed by atoms with van der Waals surface area (Å²) in [5.41, 5.74) is 1.45. The molecule has 0 radical (unpaired) electrons. The molecule has 10 heteroatoms. The maximum absolute atomic E-state index is 13.9. The number of aromatic nitrogens is 2. The molecule has 1 aromatic heterocycles. The molecule has 0 atom stereocenters. The fraction of sp³-hybridized carbons (Fsp3) is 0.258. The van der Waals surface area contributed by atoms with Crippen LogP contribution in [0.1, 0.15) is 62.0 Å². The van der Waals surface area contributed by atoms with E-state index in [0.717, 1.165) is 4.57 Å². The van der Waals surface area contributed by atoms with E-state index in [-0.39, 0.29) is 53.2 Å². The van der Waals surface area contributed by atoms with Gasteiger partial charge in [-0.05, 0) is 75.1 Å². The van der Waals surface area contributed by atoms with Crippen molar-refractivity contribution in [2.24, 2.45) is 0 Å². The molecule has 0 bridgehead atoms. The lowest BCUT2D eigenvalue weighted by Gasteiger charge is -2.19. The molecular weight excluding hydrogens is 546 g/mol. The molecule has 41 heavy (non-hydrogen) atoms. The van der Waals surface area contributed by atoms with Crippen LogP contribution in [0.5, 0.6) is 0 Å². The van der Waals surface area contributed by atoms with E-state index in [0.29, 0.717) is 40.6 Å². The number of amides is 2. The van der Waals surface area contributed by atoms with Gasteiger partial charge in [0.05, 0.1) is 44.9 Å². The van der Waals surface area contributed by atoms with Gasteiger partial charge in [0.1, 0.15) is 0 Å². The molecule has 0 aliphatic carbocycles. The molecular formula is C31H28ClN3O6. The third-order valence-corrected chi connectivity index (χ3v) is 7.67. The summed E-state index contributed by atoms with van der Waals surface area (Å²) in [5.74, 6) is -1.22. The van der Waals surface area contributed by atoms with Gasteiger partial charge in [-0.3, -0.25) is 23.9 Å². The first kappa shape index (κ1) is 28.0. The van der Waals surface area contributed by atoms with Crippen LogP contribution in [0.25, 0.3) is 16.6 Å². The van der Waals surface area contributed by atoms with Gasteiger partial charge in [-0.1, -0.05) is 35.9 Å². The van der Waals surface area contributed by atoms with E-state index in [1.165, 1.54) is 9.47 Å². The van der Waals surface area contributed by atoms with Crippen LogP contribution < -0.4 is 11.2 Å². The van der Waals surface area contributed by atoms with E-state index >= 15 is 0 Å². The summed E-state index contributed by atoms with van der Waals surface area (Å²) in [6.45, 7) is 5.65. The molecule has 1 aliphatic heterocycles. The standard InChI is InChI=1S/C31H28ClN3O6/c1-4-41-30(39)25-18(2)17-24-26(19(25)3)29(38)35(23-14-8-7-13-22(23)32)31(40)33(24)15-9-10-16-34-27(36)20-11-5-6-12-21(20)28(34)37/h5-8,11-14,17H,4,9-10,15-16H2,1-3H3. The second-order valence-corrected chi connectivity index (χ2v) is 10.3. The van der Waals surface area contributed by atoms with Gasteiger partial charge in [0.2, 0.25) is 0 Å². The Bertz CT molecular complexity index is 1820. The highest BCUT2D eigenvalue weighted by molar-refractivity contribution is 6.32. The quantitative estimate of drug-likeness (QED) is 0.172. The number of halogens is 1. The molecule has 0 saturated carbocycles. The highest BCUT2D eigenvalue weighted by Gasteiger charge is 2.34. The molecule has 0 unspecified atom stereocenters. The normalized spacial score (nSPS) is 12.7. The van der Waals surface area contributed by atoms with E-state index in [1.54, 1.807) is 75.4 Å². The van der Waals surface area contributed by atoms with Gasteiger partial charge in [0.15, 0.2) is 0 Å². The zero-order valence-corrected chi connectivity index (χ0v) is 23.7. The molecule has 2 amide bonds. The number of carbonyl (C=O) groups is 3. The van der Waals surface area contributed by atoms with Crippen LogP contribution in [0, 0.1) is 13.8 Å². The highest BCUT2D eigenvalue weighted by atomic mass is 35.5. The SMILES string of the molecule is CCOC(=O)c1c(C)cc2c(c1C)c(=O)n(-c1ccccc1Cl)c(=O)n2CCCCN1C(=O)c2ccccc2C1=O. The van der Waals surface area contributed by atoms with Gasteiger partial charge in [-0.15, -0.1) is 0 Å². The molecule has 4 aromatic rings. The molecule has 210 valence electrons. The summed E-state index contributed by atoms with van der Waals surface area (Å²) in [4.78, 5) is 67.2. The maximum Gasteiger partial charge on any atom is 0.338 e. The second-order valence-electron chi connectivity index (χ2n) is 9.85. The average molecular weight is 574 g/mol. The van der Waals surface area contributed by atoms with Crippen LogP contribution in [-0.2, 0) is 11.3 Å². The number of aryl methyl sites for hydroxylation is 3. The zero-order chi connectivity index (χ0) is 29.4. The summed E-state index contributed by atoms with van der Waals surface area (Å²) in [6.07, 6.45) is 0.865. The first-order valence-corrected chi connectivity index (χ1v) is 13.7. The number of esters is 1. The molecule has 2 heterocycles. The van der Waals surface area contributed by atoms with Crippen molar-refractivity contribution in [3.05, 3.63) is 108 Å². The fourth-order valence-corrected chi connectivity index (χ4v) is 5.65. The van der Waals surface area contributed by atoms with E-state index in [1.807, 2.05) is 0 Å². The van der Waals surface area contributed by atoms with Crippen molar-refractivity contribution < 1.29 is 19.1 Å². The number of fused-ring (bicyclic) bond motifs is 2. The molecule has 1 aliphatic rings. The molecule has 0 N–H and O–H groups in total. The number of hydrogen-bond donors (Lipinski definition) is 0. The Hall–Kier alpha value is -4.50. The number of para-hydroxylation sites is 1. The van der Waals surface area contributed by atoms with E-state index in [9.17, 15) is 24.0 Å². The van der Waals surface area contributed by atoms with Gasteiger partial charge < -0.3 is 4.74 Å². The monoisotopic (exact) mass is 573 g/mol. The molecule has 3 aromatic carbocycles. The van der Waals surface area contributed by atoms with Crippen LogP contribution in [0.2, 0.25) is 5.02 Å². The summed E-state index contributed by atoms with van der Waals surface area (Å²) in [6, 6.07) is 14.9. The Labute approximate surface area is 240 Å².